The molecule has 0 saturated heterocycles. The van der Waals surface area contributed by atoms with E-state index < -0.39 is 5.91 Å². The van der Waals surface area contributed by atoms with Crippen LogP contribution in [0.3, 0.4) is 0 Å². The number of halogens is 1. The summed E-state index contributed by atoms with van der Waals surface area (Å²) in [5, 5.41) is 12.2. The molecule has 0 spiro atoms. The molecule has 0 aliphatic carbocycles. The van der Waals surface area contributed by atoms with Crippen molar-refractivity contribution in [3.8, 4) is 0 Å². The molecule has 3 heterocycles. The molecule has 4 rings (SSSR count). The summed E-state index contributed by atoms with van der Waals surface area (Å²) in [5.41, 5.74) is 2.39. The lowest BCUT2D eigenvalue weighted by atomic mass is 10.1. The number of carbonyl (C=O) groups is 1. The molecule has 0 aliphatic heterocycles. The third-order valence-electron chi connectivity index (χ3n) is 5.09. The second kappa shape index (κ2) is 7.76. The average Bonchev–Trinajstić information content (AvgIpc) is 2.74. The van der Waals surface area contributed by atoms with Crippen molar-refractivity contribution in [3.05, 3.63) is 86.2 Å². The van der Waals surface area contributed by atoms with E-state index in [0.717, 1.165) is 11.1 Å². The van der Waals surface area contributed by atoms with Gasteiger partial charge in [-0.15, -0.1) is 0 Å². The van der Waals surface area contributed by atoms with Gasteiger partial charge in [-0.1, -0.05) is 35.9 Å². The highest BCUT2D eigenvalue weighted by atomic mass is 35.5. The van der Waals surface area contributed by atoms with Gasteiger partial charge >= 0.3 is 0 Å². The lowest BCUT2D eigenvalue weighted by molar-refractivity contribution is 0.0948. The molecule has 2 N–H and O–H groups in total. The third-order valence-corrected chi connectivity index (χ3v) is 5.46. The van der Waals surface area contributed by atoms with E-state index in [4.69, 9.17) is 17.0 Å². The van der Waals surface area contributed by atoms with Crippen LogP contribution in [0, 0.1) is 12.3 Å². The van der Waals surface area contributed by atoms with Gasteiger partial charge in [0.05, 0.1) is 10.9 Å². The molecule has 1 aromatic carbocycles. The van der Waals surface area contributed by atoms with Gasteiger partial charge in [0, 0.05) is 24.3 Å². The number of hydrogen-bond donors (Lipinski definition) is 2. The van der Waals surface area contributed by atoms with Crippen molar-refractivity contribution in [3.63, 3.8) is 0 Å². The highest BCUT2D eigenvalue weighted by Crippen LogP contribution is 2.15. The largest absolute Gasteiger partial charge is 0.348 e. The van der Waals surface area contributed by atoms with E-state index in [1.165, 1.54) is 10.5 Å². The normalized spacial score (nSPS) is 11.2. The van der Waals surface area contributed by atoms with Crippen molar-refractivity contribution in [2.45, 2.75) is 26.9 Å². The summed E-state index contributed by atoms with van der Waals surface area (Å²) in [7, 11) is 0. The maximum absolute atomic E-state index is 13.1. The number of amides is 1. The number of aryl methyl sites for hydroxylation is 2. The second-order valence-electron chi connectivity index (χ2n) is 6.96. The van der Waals surface area contributed by atoms with Crippen LogP contribution < -0.4 is 16.4 Å². The van der Waals surface area contributed by atoms with E-state index in [0.29, 0.717) is 28.2 Å². The highest BCUT2D eigenvalue weighted by molar-refractivity contribution is 6.31. The first kappa shape index (κ1) is 19.8. The minimum absolute atomic E-state index is 0.00601. The molecular weight excluding hydrogens is 402 g/mol. The molecule has 30 heavy (non-hydrogen) atoms. The Kier molecular flexibility index (Phi) is 5.13. The maximum atomic E-state index is 13.1. The summed E-state index contributed by atoms with van der Waals surface area (Å²) in [6.07, 6.45) is 1.65. The molecule has 8 heteroatoms. The molecule has 0 aliphatic rings. The topological polar surface area (TPSA) is 92.2 Å². The van der Waals surface area contributed by atoms with Crippen LogP contribution in [-0.4, -0.2) is 19.9 Å². The first-order chi connectivity index (χ1) is 14.4. The Morgan fingerprint density at radius 1 is 1.20 bits per heavy atom. The lowest BCUT2D eigenvalue weighted by Gasteiger charge is -2.14. The van der Waals surface area contributed by atoms with Gasteiger partial charge in [-0.3, -0.25) is 19.4 Å². The zero-order valence-corrected chi connectivity index (χ0v) is 17.3. The fourth-order valence-corrected chi connectivity index (χ4v) is 3.69. The zero-order chi connectivity index (χ0) is 21.4. The number of hydrogen-bond acceptors (Lipinski definition) is 4. The van der Waals surface area contributed by atoms with Gasteiger partial charge in [-0.2, -0.15) is 0 Å². The summed E-state index contributed by atoms with van der Waals surface area (Å²) in [5.74, 6) is -0.447. The van der Waals surface area contributed by atoms with Crippen LogP contribution in [0.1, 0.15) is 28.4 Å². The summed E-state index contributed by atoms with van der Waals surface area (Å²) in [4.78, 5) is 30.6. The molecule has 0 radical (unpaired) electrons. The van der Waals surface area contributed by atoms with Crippen LogP contribution >= 0.6 is 11.6 Å². The number of aromatic nitrogens is 3. The number of fused-ring (bicyclic) bond motifs is 2. The Balaban J connectivity index is 1.86. The SMILES string of the molecule is CCn1c(=N)c(C(=O)NCc2ccccc2Cl)cc2c(=O)n3cccc(C)c3nc21. The van der Waals surface area contributed by atoms with Gasteiger partial charge in [-0.25, -0.2) is 4.98 Å². The standard InChI is InChI=1S/C22H20ClN5O2/c1-3-27-18(24)15(21(29)25-12-14-8-4-5-9-17(14)23)11-16-20(27)26-19-13(2)7-6-10-28(19)22(16)30/h4-11,24H,3,12H2,1-2H3,(H,25,29). The fraction of sp³-hybridized carbons (Fsp3) is 0.182. The quantitative estimate of drug-likeness (QED) is 0.496. The molecule has 0 fully saturated rings. The first-order valence-electron chi connectivity index (χ1n) is 9.54. The summed E-state index contributed by atoms with van der Waals surface area (Å²) in [6.45, 7) is 4.35. The predicted octanol–water partition coefficient (Wildman–Crippen LogP) is 3.04. The van der Waals surface area contributed by atoms with Gasteiger partial charge < -0.3 is 9.88 Å². The number of nitrogens with zero attached hydrogens (tertiary/aromatic N) is 3. The Morgan fingerprint density at radius 3 is 2.70 bits per heavy atom. The van der Waals surface area contributed by atoms with Crippen LogP contribution in [0.15, 0.2) is 53.5 Å². The summed E-state index contributed by atoms with van der Waals surface area (Å²) < 4.78 is 3.04. The predicted molar refractivity (Wildman–Crippen MR) is 116 cm³/mol. The number of pyridine rings is 2. The van der Waals surface area contributed by atoms with Crippen molar-refractivity contribution >= 4 is 34.2 Å². The van der Waals surface area contributed by atoms with E-state index in [2.05, 4.69) is 10.3 Å². The molecule has 0 unspecified atom stereocenters. The Bertz CT molecular complexity index is 1420. The molecule has 0 saturated carbocycles. The average molecular weight is 422 g/mol. The van der Waals surface area contributed by atoms with E-state index in [-0.39, 0.29) is 23.2 Å². The van der Waals surface area contributed by atoms with Gasteiger partial charge in [-0.05, 0) is 43.2 Å². The summed E-state index contributed by atoms with van der Waals surface area (Å²) in [6, 6.07) is 12.3. The number of rotatable bonds is 4. The molecule has 4 aromatic rings. The fourth-order valence-electron chi connectivity index (χ4n) is 3.49. The van der Waals surface area contributed by atoms with Gasteiger partial charge in [0.25, 0.3) is 11.5 Å². The minimum atomic E-state index is -0.447. The summed E-state index contributed by atoms with van der Waals surface area (Å²) >= 11 is 6.15. The molecule has 0 bridgehead atoms. The van der Waals surface area contributed by atoms with Gasteiger partial charge in [0.15, 0.2) is 0 Å². The third kappa shape index (κ3) is 3.27. The molecule has 1 amide bonds. The lowest BCUT2D eigenvalue weighted by Crippen LogP contribution is -2.34. The molecule has 152 valence electrons. The van der Waals surface area contributed by atoms with Crippen molar-refractivity contribution in [1.82, 2.24) is 19.3 Å². The van der Waals surface area contributed by atoms with Crippen LogP contribution in [0.5, 0.6) is 0 Å². The number of nitrogens with one attached hydrogen (secondary N) is 2. The number of carbonyl (C=O) groups excluding carboxylic acids is 1. The molecule has 3 aromatic heterocycles. The van der Waals surface area contributed by atoms with Crippen LogP contribution in [0.4, 0.5) is 0 Å². The number of benzene rings is 1. The Labute approximate surface area is 177 Å². The first-order valence-corrected chi connectivity index (χ1v) is 9.92. The second-order valence-corrected chi connectivity index (χ2v) is 7.37. The highest BCUT2D eigenvalue weighted by Gasteiger charge is 2.17. The maximum Gasteiger partial charge on any atom is 0.267 e. The van der Waals surface area contributed by atoms with Crippen molar-refractivity contribution in [2.24, 2.45) is 0 Å². The van der Waals surface area contributed by atoms with Crippen molar-refractivity contribution in [1.29, 1.82) is 5.41 Å². The smallest absolute Gasteiger partial charge is 0.267 e. The van der Waals surface area contributed by atoms with E-state index in [9.17, 15) is 9.59 Å². The molecular formula is C22H20ClN5O2. The van der Waals surface area contributed by atoms with E-state index in [1.54, 1.807) is 22.9 Å². The van der Waals surface area contributed by atoms with E-state index >= 15 is 0 Å². The van der Waals surface area contributed by atoms with E-state index in [1.807, 2.05) is 38.1 Å². The van der Waals surface area contributed by atoms with Crippen molar-refractivity contribution < 1.29 is 4.79 Å². The van der Waals surface area contributed by atoms with Gasteiger partial charge in [0.2, 0.25) is 0 Å². The van der Waals surface area contributed by atoms with Crippen LogP contribution in [0.2, 0.25) is 5.02 Å². The Morgan fingerprint density at radius 2 is 1.97 bits per heavy atom. The minimum Gasteiger partial charge on any atom is -0.348 e. The Hall–Kier alpha value is -3.45. The molecule has 0 atom stereocenters. The monoisotopic (exact) mass is 421 g/mol. The van der Waals surface area contributed by atoms with Gasteiger partial charge in [0.1, 0.15) is 16.8 Å². The van der Waals surface area contributed by atoms with Crippen LogP contribution in [0.25, 0.3) is 16.7 Å². The zero-order valence-electron chi connectivity index (χ0n) is 16.6. The molecule has 7 nitrogen and oxygen atoms in total. The van der Waals surface area contributed by atoms with Crippen molar-refractivity contribution in [2.75, 3.05) is 0 Å². The van der Waals surface area contributed by atoms with Crippen LogP contribution in [-0.2, 0) is 13.1 Å².